The summed E-state index contributed by atoms with van der Waals surface area (Å²) >= 11 is 0. The molecule has 0 saturated carbocycles. The quantitative estimate of drug-likeness (QED) is 0.703. The largest absolute Gasteiger partial charge is 0.368 e. The molecule has 0 spiro atoms. The molecule has 0 fully saturated rings. The molecule has 0 saturated heterocycles. The first kappa shape index (κ1) is 22.3. The molecule has 0 aliphatic rings. The van der Waals surface area contributed by atoms with Gasteiger partial charge in [-0.25, -0.2) is 0 Å². The fourth-order valence-corrected chi connectivity index (χ4v) is 2.05. The zero-order chi connectivity index (χ0) is 18.9. The summed E-state index contributed by atoms with van der Waals surface area (Å²) in [6, 6.07) is 0. The summed E-state index contributed by atoms with van der Waals surface area (Å²) < 4.78 is 11.6. The van der Waals surface area contributed by atoms with Crippen molar-refractivity contribution in [2.75, 3.05) is 6.61 Å². The molecule has 0 aliphatic carbocycles. The molecule has 0 N–H and O–H groups in total. The lowest BCUT2D eigenvalue weighted by Gasteiger charge is -2.42. The Morgan fingerprint density at radius 3 is 1.65 bits per heavy atom. The Labute approximate surface area is 142 Å². The number of carbonyl (C=O) groups is 2. The molecular weight excluding hydrogens is 292 g/mol. The maximum Gasteiger partial charge on any atom is 0.166 e. The number of rotatable bonds is 7. The van der Waals surface area contributed by atoms with E-state index >= 15 is 0 Å². The Hall–Kier alpha value is -0.740. The molecule has 0 aromatic carbocycles. The SMILES string of the molecule is CC(OC(C)(C)C(C)(C)C(=O)COC(C)(C)C)C(=O)C(C)(C)C. The van der Waals surface area contributed by atoms with Crippen molar-refractivity contribution in [1.29, 1.82) is 0 Å². The van der Waals surface area contributed by atoms with Crippen LogP contribution in [0.2, 0.25) is 0 Å². The van der Waals surface area contributed by atoms with Crippen LogP contribution in [0.5, 0.6) is 0 Å². The lowest BCUT2D eigenvalue weighted by molar-refractivity contribution is -0.173. The van der Waals surface area contributed by atoms with Crippen LogP contribution in [0.15, 0.2) is 0 Å². The number of hydrogen-bond donors (Lipinski definition) is 0. The van der Waals surface area contributed by atoms with E-state index in [1.165, 1.54) is 0 Å². The Morgan fingerprint density at radius 1 is 0.870 bits per heavy atom. The highest BCUT2D eigenvalue weighted by Crippen LogP contribution is 2.37. The van der Waals surface area contributed by atoms with Gasteiger partial charge in [0.1, 0.15) is 12.7 Å². The molecule has 136 valence electrons. The highest BCUT2D eigenvalue weighted by molar-refractivity contribution is 5.88. The van der Waals surface area contributed by atoms with Crippen molar-refractivity contribution < 1.29 is 19.1 Å². The second kappa shape index (κ2) is 7.02. The minimum Gasteiger partial charge on any atom is -0.368 e. The van der Waals surface area contributed by atoms with E-state index in [1.807, 2.05) is 69.2 Å². The van der Waals surface area contributed by atoms with Gasteiger partial charge < -0.3 is 9.47 Å². The topological polar surface area (TPSA) is 52.6 Å². The van der Waals surface area contributed by atoms with Crippen LogP contribution >= 0.6 is 0 Å². The van der Waals surface area contributed by atoms with Crippen LogP contribution in [0.3, 0.4) is 0 Å². The van der Waals surface area contributed by atoms with Crippen LogP contribution in [-0.2, 0) is 19.1 Å². The Morgan fingerprint density at radius 2 is 1.30 bits per heavy atom. The van der Waals surface area contributed by atoms with Crippen LogP contribution in [0.4, 0.5) is 0 Å². The molecule has 0 radical (unpaired) electrons. The molecule has 0 heterocycles. The Bertz CT molecular complexity index is 433. The highest BCUT2D eigenvalue weighted by atomic mass is 16.5. The molecule has 1 atom stereocenters. The molecule has 0 rings (SSSR count). The van der Waals surface area contributed by atoms with E-state index in [0.29, 0.717) is 0 Å². The number of hydrogen-bond acceptors (Lipinski definition) is 4. The first-order valence-corrected chi connectivity index (χ1v) is 8.31. The van der Waals surface area contributed by atoms with Crippen molar-refractivity contribution in [3.63, 3.8) is 0 Å². The first-order valence-electron chi connectivity index (χ1n) is 8.31. The number of Topliss-reactive ketones (excluding diaryl/α,β-unsaturated/α-hetero) is 2. The van der Waals surface area contributed by atoms with E-state index in [2.05, 4.69) is 0 Å². The van der Waals surface area contributed by atoms with Gasteiger partial charge in [0, 0.05) is 5.41 Å². The zero-order valence-corrected chi connectivity index (χ0v) is 16.9. The fourth-order valence-electron chi connectivity index (χ4n) is 2.05. The molecule has 0 aromatic heterocycles. The summed E-state index contributed by atoms with van der Waals surface area (Å²) in [5.41, 5.74) is -2.40. The van der Waals surface area contributed by atoms with Crippen LogP contribution in [-0.4, -0.2) is 35.5 Å². The third-order valence-electron chi connectivity index (χ3n) is 4.42. The molecule has 0 aromatic rings. The van der Waals surface area contributed by atoms with Gasteiger partial charge in [0.2, 0.25) is 0 Å². The van der Waals surface area contributed by atoms with Gasteiger partial charge in [0.05, 0.1) is 16.6 Å². The molecule has 0 aliphatic heterocycles. The van der Waals surface area contributed by atoms with Crippen molar-refractivity contribution in [2.24, 2.45) is 10.8 Å². The lowest BCUT2D eigenvalue weighted by Crippen LogP contribution is -2.52. The van der Waals surface area contributed by atoms with Gasteiger partial charge >= 0.3 is 0 Å². The van der Waals surface area contributed by atoms with E-state index < -0.39 is 22.5 Å². The van der Waals surface area contributed by atoms with E-state index in [0.717, 1.165) is 0 Å². The van der Waals surface area contributed by atoms with Crippen molar-refractivity contribution in [2.45, 2.75) is 93.5 Å². The van der Waals surface area contributed by atoms with Crippen LogP contribution < -0.4 is 0 Å². The standard InChI is InChI=1S/C19H36O4/c1-13(15(21)16(2,3)4)23-19(10,11)18(8,9)14(20)12-22-17(5,6)7/h13H,12H2,1-11H3. The third-order valence-corrected chi connectivity index (χ3v) is 4.42. The van der Waals surface area contributed by atoms with Gasteiger partial charge in [-0.15, -0.1) is 0 Å². The smallest absolute Gasteiger partial charge is 0.166 e. The zero-order valence-electron chi connectivity index (χ0n) is 16.9. The van der Waals surface area contributed by atoms with Crippen LogP contribution in [0.25, 0.3) is 0 Å². The van der Waals surface area contributed by atoms with Gasteiger partial charge in [0.25, 0.3) is 0 Å². The molecule has 23 heavy (non-hydrogen) atoms. The van der Waals surface area contributed by atoms with Crippen LogP contribution in [0.1, 0.15) is 76.2 Å². The van der Waals surface area contributed by atoms with E-state index in [1.54, 1.807) is 6.92 Å². The number of ketones is 2. The summed E-state index contributed by atoms with van der Waals surface area (Å²) in [6.07, 6.45) is -0.569. The predicted octanol–water partition coefficient (Wildman–Crippen LogP) is 4.20. The van der Waals surface area contributed by atoms with Crippen molar-refractivity contribution in [3.05, 3.63) is 0 Å². The highest BCUT2D eigenvalue weighted by Gasteiger charge is 2.46. The molecule has 4 nitrogen and oxygen atoms in total. The Balaban J connectivity index is 5.09. The molecule has 0 bridgehead atoms. The second-order valence-corrected chi connectivity index (χ2v) is 9.33. The van der Waals surface area contributed by atoms with E-state index in [9.17, 15) is 9.59 Å². The minimum atomic E-state index is -0.786. The minimum absolute atomic E-state index is 0.0276. The molecular formula is C19H36O4. The normalized spacial score (nSPS) is 15.4. The van der Waals surface area contributed by atoms with E-state index in [4.69, 9.17) is 9.47 Å². The second-order valence-electron chi connectivity index (χ2n) is 9.33. The number of carbonyl (C=O) groups excluding carboxylic acids is 2. The monoisotopic (exact) mass is 328 g/mol. The van der Waals surface area contributed by atoms with Crippen molar-refractivity contribution in [3.8, 4) is 0 Å². The molecule has 4 heteroatoms. The average molecular weight is 328 g/mol. The lowest BCUT2D eigenvalue weighted by atomic mass is 9.73. The maximum absolute atomic E-state index is 12.6. The average Bonchev–Trinajstić information content (AvgIpc) is 2.31. The van der Waals surface area contributed by atoms with Crippen molar-refractivity contribution in [1.82, 2.24) is 0 Å². The van der Waals surface area contributed by atoms with Gasteiger partial charge in [-0.05, 0) is 41.5 Å². The van der Waals surface area contributed by atoms with Crippen LogP contribution in [0, 0.1) is 10.8 Å². The summed E-state index contributed by atoms with van der Waals surface area (Å²) in [6.45, 7) is 20.5. The fraction of sp³-hybridized carbons (Fsp3) is 0.895. The molecule has 1 unspecified atom stereocenters. The summed E-state index contributed by atoms with van der Waals surface area (Å²) in [7, 11) is 0. The van der Waals surface area contributed by atoms with Gasteiger partial charge in [-0.2, -0.15) is 0 Å². The third kappa shape index (κ3) is 6.34. The van der Waals surface area contributed by atoms with Gasteiger partial charge in [-0.3, -0.25) is 9.59 Å². The van der Waals surface area contributed by atoms with Crippen molar-refractivity contribution >= 4 is 11.6 Å². The summed E-state index contributed by atoms with van der Waals surface area (Å²) in [5.74, 6) is -0.00685. The number of ether oxygens (including phenoxy) is 2. The van der Waals surface area contributed by atoms with Gasteiger partial charge in [-0.1, -0.05) is 34.6 Å². The Kier molecular flexibility index (Phi) is 6.79. The summed E-state index contributed by atoms with van der Waals surface area (Å²) in [5, 5.41) is 0. The maximum atomic E-state index is 12.6. The van der Waals surface area contributed by atoms with E-state index in [-0.39, 0.29) is 23.8 Å². The molecule has 0 amide bonds. The predicted molar refractivity (Wildman–Crippen MR) is 93.6 cm³/mol. The summed E-state index contributed by atoms with van der Waals surface area (Å²) in [4.78, 5) is 25.0. The van der Waals surface area contributed by atoms with Gasteiger partial charge in [0.15, 0.2) is 11.6 Å². The first-order chi connectivity index (χ1) is 9.92.